The van der Waals surface area contributed by atoms with Crippen molar-refractivity contribution in [3.63, 3.8) is 0 Å². The molecule has 246 valence electrons. The highest BCUT2D eigenvalue weighted by atomic mass is 35.5. The summed E-state index contributed by atoms with van der Waals surface area (Å²) in [6.07, 6.45) is -6.19. The maximum atomic E-state index is 12.7. The van der Waals surface area contributed by atoms with Crippen LogP contribution < -0.4 is 5.32 Å². The van der Waals surface area contributed by atoms with E-state index in [4.69, 9.17) is 37.7 Å². The molecule has 0 aliphatic carbocycles. The molecule has 1 fully saturated rings. The fraction of sp³-hybridized carbons (Fsp3) is 0.706. The molecule has 26 heteroatoms. The Morgan fingerprint density at radius 2 is 1.86 bits per heavy atom. The third-order valence-electron chi connectivity index (χ3n) is 5.44. The Morgan fingerprint density at radius 3 is 2.47 bits per heavy atom. The van der Waals surface area contributed by atoms with Crippen molar-refractivity contribution in [1.82, 2.24) is 19.5 Å². The zero-order valence-corrected chi connectivity index (χ0v) is 27.4. The zero-order chi connectivity index (χ0) is 32.4. The van der Waals surface area contributed by atoms with E-state index < -0.39 is 64.5 Å². The number of rotatable bonds is 15. The molecule has 5 atom stereocenters. The molecule has 6 N–H and O–H groups in total. The van der Waals surface area contributed by atoms with Gasteiger partial charge < -0.3 is 34.7 Å². The smallest absolute Gasteiger partial charge is 0.390 e. The maximum absolute atomic E-state index is 12.7. The van der Waals surface area contributed by atoms with E-state index >= 15 is 0 Å². The van der Waals surface area contributed by atoms with Gasteiger partial charge in [0.25, 0.3) is 0 Å². The Labute approximate surface area is 259 Å². The molecule has 2 aromatic rings. The van der Waals surface area contributed by atoms with Crippen LogP contribution in [0.15, 0.2) is 11.5 Å². The monoisotopic (exact) mass is 759 g/mol. The molecule has 0 spiro atoms. The molecule has 0 amide bonds. The third kappa shape index (κ3) is 9.65. The molecule has 0 bridgehead atoms. The summed E-state index contributed by atoms with van der Waals surface area (Å²) >= 11 is 12.8. The maximum Gasteiger partial charge on any atom is 0.479 e. The Balaban J connectivity index is 1.77. The van der Waals surface area contributed by atoms with E-state index in [-0.39, 0.29) is 34.3 Å². The predicted octanol–water partition coefficient (Wildman–Crippen LogP) is 3.88. The van der Waals surface area contributed by atoms with Crippen LogP contribution in [0.2, 0.25) is 0 Å². The number of alkyl halides is 5. The molecule has 2 aromatic heterocycles. The van der Waals surface area contributed by atoms with Crippen molar-refractivity contribution < 1.29 is 65.1 Å². The van der Waals surface area contributed by atoms with E-state index in [0.717, 1.165) is 11.8 Å². The SMILES string of the molecule is CSCCNc1nc(SCCC(F)(F)F)nc2c1ncn2[C@H]1C[C@H](O)[C@@H](COP(=O)(O)OP(=O)(O)C(Cl)(Cl)P(=O)(O)O)O1. The van der Waals surface area contributed by atoms with E-state index in [1.165, 1.54) is 22.7 Å². The fourth-order valence-electron chi connectivity index (χ4n) is 3.41. The van der Waals surface area contributed by atoms with Gasteiger partial charge in [-0.2, -0.15) is 24.9 Å². The number of phosphoric ester groups is 1. The number of imidazole rings is 1. The molecular weight excluding hydrogens is 735 g/mol. The van der Waals surface area contributed by atoms with Crippen LogP contribution in [0.1, 0.15) is 19.1 Å². The number of hydrogen-bond acceptors (Lipinski definition) is 13. The quantitative estimate of drug-likeness (QED) is 0.0497. The summed E-state index contributed by atoms with van der Waals surface area (Å²) in [5.41, 5.74) is 0.395. The van der Waals surface area contributed by atoms with Gasteiger partial charge in [-0.1, -0.05) is 35.0 Å². The lowest BCUT2D eigenvalue weighted by Crippen LogP contribution is -2.26. The lowest BCUT2D eigenvalue weighted by molar-refractivity contribution is -0.129. The van der Waals surface area contributed by atoms with Crippen LogP contribution in [-0.4, -0.2) is 97.3 Å². The van der Waals surface area contributed by atoms with Crippen molar-refractivity contribution in [2.75, 3.05) is 36.2 Å². The fourth-order valence-corrected chi connectivity index (χ4v) is 8.77. The highest BCUT2D eigenvalue weighted by Gasteiger charge is 2.62. The van der Waals surface area contributed by atoms with Crippen LogP contribution in [0.5, 0.6) is 0 Å². The third-order valence-corrected chi connectivity index (χ3v) is 14.6. The van der Waals surface area contributed by atoms with Crippen LogP contribution in [0, 0.1) is 0 Å². The summed E-state index contributed by atoms with van der Waals surface area (Å²) in [5.74, 6) is 0.586. The van der Waals surface area contributed by atoms with Crippen molar-refractivity contribution in [2.45, 2.75) is 46.4 Å². The average Bonchev–Trinajstić information content (AvgIpc) is 3.44. The number of nitrogens with one attached hydrogen (secondary N) is 1. The van der Waals surface area contributed by atoms with Gasteiger partial charge >= 0.3 is 33.0 Å². The van der Waals surface area contributed by atoms with E-state index in [1.807, 2.05) is 6.26 Å². The Kier molecular flexibility index (Phi) is 12.4. The number of halogens is 5. The molecule has 1 aliphatic heterocycles. The highest BCUT2D eigenvalue weighted by molar-refractivity contribution is 7.99. The first-order chi connectivity index (χ1) is 19.7. The van der Waals surface area contributed by atoms with Gasteiger partial charge in [-0.15, -0.1) is 0 Å². The van der Waals surface area contributed by atoms with E-state index in [1.54, 1.807) is 0 Å². The molecule has 1 saturated heterocycles. The van der Waals surface area contributed by atoms with Gasteiger partial charge in [0.15, 0.2) is 22.1 Å². The Bertz CT molecular complexity index is 1440. The van der Waals surface area contributed by atoms with Crippen LogP contribution in [-0.2, 0) is 27.3 Å². The number of aliphatic hydroxyl groups is 1. The second-order valence-electron chi connectivity index (χ2n) is 8.66. The average molecular weight is 760 g/mol. The second kappa shape index (κ2) is 14.3. The molecular formula is C17H25Cl2F3N5O11P3S2. The first-order valence-electron chi connectivity index (χ1n) is 11.6. The number of ether oxygens (including phenoxy) is 1. The number of anilines is 1. The van der Waals surface area contributed by atoms with Crippen molar-refractivity contribution in [1.29, 1.82) is 0 Å². The van der Waals surface area contributed by atoms with Gasteiger partial charge in [0.1, 0.15) is 12.3 Å². The lowest BCUT2D eigenvalue weighted by Gasteiger charge is -2.26. The molecule has 43 heavy (non-hydrogen) atoms. The Hall–Kier alpha value is -0.210. The molecule has 3 rings (SSSR count). The number of thioether (sulfide) groups is 2. The summed E-state index contributed by atoms with van der Waals surface area (Å²) in [6, 6.07) is 0. The number of nitrogens with zero attached hydrogens (tertiary/aromatic N) is 4. The second-order valence-corrected chi connectivity index (χ2v) is 18.8. The molecule has 16 nitrogen and oxygen atoms in total. The minimum atomic E-state index is -5.90. The zero-order valence-electron chi connectivity index (χ0n) is 21.6. The number of aliphatic hydroxyl groups excluding tert-OH is 1. The minimum absolute atomic E-state index is 0.0142. The summed E-state index contributed by atoms with van der Waals surface area (Å²) in [5, 5.41) is 13.6. The number of hydrogen-bond donors (Lipinski definition) is 6. The van der Waals surface area contributed by atoms with E-state index in [9.17, 15) is 41.8 Å². The number of fused-ring (bicyclic) bond motifs is 1. The van der Waals surface area contributed by atoms with Crippen LogP contribution in [0.3, 0.4) is 0 Å². The highest BCUT2D eigenvalue weighted by Crippen LogP contribution is 2.79. The Morgan fingerprint density at radius 1 is 1.19 bits per heavy atom. The van der Waals surface area contributed by atoms with Crippen LogP contribution >= 0.6 is 69.7 Å². The standard InChI is InChI=1S/C17H25Cl2F3N5O11P3S2/c1-42-5-3-23-13-12-14(26-15(25-13)43-4-2-16(20,21)22)27(8-24-12)11-6-9(28)10(37-11)7-36-41(34,35)38-40(32,33)17(18,19)39(29,30)31/h8-11,28H,2-7H2,1H3,(H,32,33)(H,34,35)(H,23,25,26)(H2,29,30,31)/t9-,10+,11+/m0/s1. The predicted molar refractivity (Wildman–Crippen MR) is 151 cm³/mol. The minimum Gasteiger partial charge on any atom is -0.390 e. The largest absolute Gasteiger partial charge is 0.479 e. The van der Waals surface area contributed by atoms with Gasteiger partial charge in [-0.3, -0.25) is 18.2 Å². The first-order valence-corrected chi connectivity index (χ1v) is 19.4. The molecule has 1 aliphatic rings. The van der Waals surface area contributed by atoms with Crippen LogP contribution in [0.25, 0.3) is 11.2 Å². The van der Waals surface area contributed by atoms with Crippen molar-refractivity contribution >= 4 is 86.7 Å². The van der Waals surface area contributed by atoms with Gasteiger partial charge in [0.05, 0.1) is 25.5 Å². The van der Waals surface area contributed by atoms with Gasteiger partial charge in [-0.25, -0.2) is 23.8 Å². The first kappa shape index (κ1) is 37.2. The van der Waals surface area contributed by atoms with Crippen molar-refractivity contribution in [2.24, 2.45) is 0 Å². The topological polar surface area (TPSA) is 236 Å². The summed E-state index contributed by atoms with van der Waals surface area (Å²) < 4.78 is 85.5. The molecule has 0 saturated carbocycles. The summed E-state index contributed by atoms with van der Waals surface area (Å²) in [4.78, 5) is 50.6. The number of phosphoric acid groups is 1. The molecule has 2 unspecified atom stereocenters. The van der Waals surface area contributed by atoms with Crippen molar-refractivity contribution in [3.8, 4) is 0 Å². The molecule has 0 radical (unpaired) electrons. The lowest BCUT2D eigenvalue weighted by atomic mass is 10.2. The molecule has 0 aromatic carbocycles. The number of aromatic nitrogens is 4. The van der Waals surface area contributed by atoms with E-state index in [2.05, 4.69) is 29.1 Å². The van der Waals surface area contributed by atoms with Crippen molar-refractivity contribution in [3.05, 3.63) is 6.33 Å². The summed E-state index contributed by atoms with van der Waals surface area (Å²) in [7, 11) is -17.2. The molecule has 3 heterocycles. The summed E-state index contributed by atoms with van der Waals surface area (Å²) in [6.45, 7) is -0.474. The van der Waals surface area contributed by atoms with E-state index in [0.29, 0.717) is 12.3 Å². The normalized spacial score (nSPS) is 22.9. The van der Waals surface area contributed by atoms with Crippen LogP contribution in [0.4, 0.5) is 19.0 Å². The van der Waals surface area contributed by atoms with Gasteiger partial charge in [0.2, 0.25) is 0 Å². The van der Waals surface area contributed by atoms with Gasteiger partial charge in [0, 0.05) is 24.5 Å². The van der Waals surface area contributed by atoms with Gasteiger partial charge in [-0.05, 0) is 6.26 Å².